The number of benzene rings is 3. The van der Waals surface area contributed by atoms with Crippen LogP contribution in [0.15, 0.2) is 76.5 Å². The maximum absolute atomic E-state index is 13.7. The standard InChI is InChI=1S/C28H34N2O6S2/c1-5-36-25-11-7-6-10-24(25)30(38(32,33)23-15-13-22(37-4)14-16-23)20-28(31)29-18-8-9-21-12-17-26(34-2)27(19-21)35-3/h6-7,10-17,19H,5,8-9,18,20H2,1-4H3,(H,29,31). The first-order chi connectivity index (χ1) is 18.3. The van der Waals surface area contributed by atoms with Gasteiger partial charge in [-0.15, -0.1) is 11.8 Å². The number of para-hydroxylation sites is 2. The summed E-state index contributed by atoms with van der Waals surface area (Å²) in [5, 5.41) is 2.85. The van der Waals surface area contributed by atoms with E-state index >= 15 is 0 Å². The smallest absolute Gasteiger partial charge is 0.264 e. The summed E-state index contributed by atoms with van der Waals surface area (Å²) in [6, 6.07) is 19.1. The summed E-state index contributed by atoms with van der Waals surface area (Å²) in [6.07, 6.45) is 3.29. The number of rotatable bonds is 14. The van der Waals surface area contributed by atoms with Crippen LogP contribution in [-0.2, 0) is 21.2 Å². The number of ether oxygens (including phenoxy) is 3. The number of hydrogen-bond donors (Lipinski definition) is 1. The van der Waals surface area contributed by atoms with Crippen molar-refractivity contribution in [3.05, 3.63) is 72.3 Å². The molecule has 0 saturated heterocycles. The summed E-state index contributed by atoms with van der Waals surface area (Å²) in [7, 11) is -0.874. The number of nitrogens with zero attached hydrogens (tertiary/aromatic N) is 1. The van der Waals surface area contributed by atoms with Crippen molar-refractivity contribution in [3.8, 4) is 17.2 Å². The van der Waals surface area contributed by atoms with Gasteiger partial charge < -0.3 is 19.5 Å². The van der Waals surface area contributed by atoms with E-state index in [-0.39, 0.29) is 11.4 Å². The zero-order chi connectivity index (χ0) is 27.5. The van der Waals surface area contributed by atoms with Crippen LogP contribution >= 0.6 is 11.8 Å². The highest BCUT2D eigenvalue weighted by Crippen LogP contribution is 2.33. The number of thioether (sulfide) groups is 1. The fraction of sp³-hybridized carbons (Fsp3) is 0.321. The summed E-state index contributed by atoms with van der Waals surface area (Å²) < 4.78 is 44.8. The highest BCUT2D eigenvalue weighted by atomic mass is 32.2. The molecule has 0 spiro atoms. The average Bonchev–Trinajstić information content (AvgIpc) is 2.94. The second-order valence-electron chi connectivity index (χ2n) is 8.23. The van der Waals surface area contributed by atoms with Gasteiger partial charge in [0.25, 0.3) is 10.0 Å². The van der Waals surface area contributed by atoms with Crippen molar-refractivity contribution in [1.29, 1.82) is 0 Å². The number of hydrogen-bond acceptors (Lipinski definition) is 7. The largest absolute Gasteiger partial charge is 0.493 e. The Labute approximate surface area is 229 Å². The number of anilines is 1. The molecule has 0 fully saturated rings. The van der Waals surface area contributed by atoms with Crippen LogP contribution < -0.4 is 23.8 Å². The van der Waals surface area contributed by atoms with E-state index in [9.17, 15) is 13.2 Å². The van der Waals surface area contributed by atoms with Gasteiger partial charge in [-0.25, -0.2) is 8.42 Å². The van der Waals surface area contributed by atoms with Crippen LogP contribution in [0.5, 0.6) is 17.2 Å². The van der Waals surface area contributed by atoms with Crippen molar-refractivity contribution in [2.75, 3.05) is 44.5 Å². The summed E-state index contributed by atoms with van der Waals surface area (Å²) in [4.78, 5) is 14.0. The molecule has 1 N–H and O–H groups in total. The number of methoxy groups -OCH3 is 2. The van der Waals surface area contributed by atoms with E-state index in [0.717, 1.165) is 14.8 Å². The number of amides is 1. The number of carbonyl (C=O) groups excluding carboxylic acids is 1. The molecule has 38 heavy (non-hydrogen) atoms. The number of aryl methyl sites for hydroxylation is 1. The van der Waals surface area contributed by atoms with Crippen molar-refractivity contribution < 1.29 is 27.4 Å². The molecule has 8 nitrogen and oxygen atoms in total. The summed E-state index contributed by atoms with van der Waals surface area (Å²) in [5.41, 5.74) is 1.35. The second-order valence-corrected chi connectivity index (χ2v) is 11.0. The van der Waals surface area contributed by atoms with E-state index in [1.54, 1.807) is 62.8 Å². The second kappa shape index (κ2) is 14.0. The Kier molecular flexibility index (Phi) is 10.7. The summed E-state index contributed by atoms with van der Waals surface area (Å²) in [6.45, 7) is 2.18. The van der Waals surface area contributed by atoms with Crippen LogP contribution in [-0.4, -0.2) is 54.5 Å². The number of nitrogens with one attached hydrogen (secondary N) is 1. The molecular formula is C28H34N2O6S2. The van der Waals surface area contributed by atoms with Crippen molar-refractivity contribution in [3.63, 3.8) is 0 Å². The highest BCUT2D eigenvalue weighted by Gasteiger charge is 2.29. The maximum Gasteiger partial charge on any atom is 0.264 e. The molecule has 3 aromatic carbocycles. The van der Waals surface area contributed by atoms with Crippen molar-refractivity contribution in [2.24, 2.45) is 0 Å². The van der Waals surface area contributed by atoms with Gasteiger partial charge in [0.2, 0.25) is 5.91 Å². The molecule has 3 rings (SSSR count). The molecule has 3 aromatic rings. The molecule has 0 aliphatic rings. The molecule has 0 aliphatic carbocycles. The van der Waals surface area contributed by atoms with Crippen molar-refractivity contribution >= 4 is 33.4 Å². The first-order valence-corrected chi connectivity index (χ1v) is 14.9. The molecule has 0 bridgehead atoms. The van der Waals surface area contributed by atoms with E-state index in [1.165, 1.54) is 11.8 Å². The van der Waals surface area contributed by atoms with Gasteiger partial charge in [0.1, 0.15) is 12.3 Å². The Balaban J connectivity index is 1.74. The molecule has 0 aliphatic heterocycles. The van der Waals surface area contributed by atoms with E-state index < -0.39 is 15.9 Å². The molecule has 0 saturated carbocycles. The minimum Gasteiger partial charge on any atom is -0.493 e. The predicted molar refractivity (Wildman–Crippen MR) is 151 cm³/mol. The van der Waals surface area contributed by atoms with Crippen LogP contribution in [0.2, 0.25) is 0 Å². The zero-order valence-electron chi connectivity index (χ0n) is 22.1. The van der Waals surface area contributed by atoms with Crippen LogP contribution in [0.1, 0.15) is 18.9 Å². The number of sulfonamides is 1. The Hall–Kier alpha value is -3.37. The zero-order valence-corrected chi connectivity index (χ0v) is 23.7. The molecular weight excluding hydrogens is 524 g/mol. The van der Waals surface area contributed by atoms with Gasteiger partial charge in [0, 0.05) is 11.4 Å². The molecule has 10 heteroatoms. The van der Waals surface area contributed by atoms with Gasteiger partial charge in [-0.2, -0.15) is 0 Å². The predicted octanol–water partition coefficient (Wildman–Crippen LogP) is 4.77. The Bertz CT molecular complexity index is 1310. The Morgan fingerprint density at radius 1 is 0.947 bits per heavy atom. The third-order valence-electron chi connectivity index (χ3n) is 5.78. The first-order valence-electron chi connectivity index (χ1n) is 12.2. The monoisotopic (exact) mass is 558 g/mol. The van der Waals surface area contributed by atoms with E-state index in [1.807, 2.05) is 31.4 Å². The third-order valence-corrected chi connectivity index (χ3v) is 8.30. The van der Waals surface area contributed by atoms with Gasteiger partial charge >= 0.3 is 0 Å². The lowest BCUT2D eigenvalue weighted by atomic mass is 10.1. The quantitative estimate of drug-likeness (QED) is 0.225. The van der Waals surface area contributed by atoms with E-state index in [4.69, 9.17) is 14.2 Å². The van der Waals surface area contributed by atoms with Crippen LogP contribution in [0.3, 0.4) is 0 Å². The maximum atomic E-state index is 13.7. The van der Waals surface area contributed by atoms with Crippen LogP contribution in [0.25, 0.3) is 0 Å². The lowest BCUT2D eigenvalue weighted by Gasteiger charge is -2.26. The van der Waals surface area contributed by atoms with Gasteiger partial charge in [-0.1, -0.05) is 18.2 Å². The Morgan fingerprint density at radius 3 is 2.32 bits per heavy atom. The van der Waals surface area contributed by atoms with Gasteiger partial charge in [0.15, 0.2) is 11.5 Å². The topological polar surface area (TPSA) is 94.2 Å². The minimum absolute atomic E-state index is 0.0999. The lowest BCUT2D eigenvalue weighted by molar-refractivity contribution is -0.119. The fourth-order valence-corrected chi connectivity index (χ4v) is 5.70. The highest BCUT2D eigenvalue weighted by molar-refractivity contribution is 7.98. The van der Waals surface area contributed by atoms with Crippen LogP contribution in [0, 0.1) is 0 Å². The first kappa shape index (κ1) is 29.2. The fourth-order valence-electron chi connectivity index (χ4n) is 3.86. The molecule has 204 valence electrons. The van der Waals surface area contributed by atoms with Crippen molar-refractivity contribution in [1.82, 2.24) is 5.32 Å². The number of carbonyl (C=O) groups is 1. The molecule has 0 heterocycles. The molecule has 0 aromatic heterocycles. The lowest BCUT2D eigenvalue weighted by Crippen LogP contribution is -2.41. The summed E-state index contributed by atoms with van der Waals surface area (Å²) in [5.74, 6) is 1.28. The van der Waals surface area contributed by atoms with Gasteiger partial charge in [0.05, 0.1) is 31.4 Å². The molecule has 0 atom stereocenters. The Morgan fingerprint density at radius 2 is 1.66 bits per heavy atom. The van der Waals surface area contributed by atoms with E-state index in [2.05, 4.69) is 5.32 Å². The SMILES string of the molecule is CCOc1ccccc1N(CC(=O)NCCCc1ccc(OC)c(OC)c1)S(=O)(=O)c1ccc(SC)cc1. The van der Waals surface area contributed by atoms with Gasteiger partial charge in [-0.05, 0) is 80.1 Å². The van der Waals surface area contributed by atoms with Crippen LogP contribution in [0.4, 0.5) is 5.69 Å². The normalized spacial score (nSPS) is 11.1. The average molecular weight is 559 g/mol. The third kappa shape index (κ3) is 7.35. The van der Waals surface area contributed by atoms with E-state index in [0.29, 0.717) is 48.9 Å². The molecule has 0 radical (unpaired) electrons. The van der Waals surface area contributed by atoms with Gasteiger partial charge in [-0.3, -0.25) is 9.10 Å². The summed E-state index contributed by atoms with van der Waals surface area (Å²) >= 11 is 1.52. The molecule has 0 unspecified atom stereocenters. The molecule has 1 amide bonds. The van der Waals surface area contributed by atoms with Crippen molar-refractivity contribution in [2.45, 2.75) is 29.6 Å². The minimum atomic E-state index is -4.05.